The molecule has 0 radical (unpaired) electrons. The molecular formula is C17H13ClINO3. The average molecular weight is 442 g/mol. The fourth-order valence-electron chi connectivity index (χ4n) is 2.75. The van der Waals surface area contributed by atoms with Crippen LogP contribution in [0, 0.1) is 3.57 Å². The van der Waals surface area contributed by atoms with E-state index in [1.807, 2.05) is 24.3 Å². The van der Waals surface area contributed by atoms with Crippen molar-refractivity contribution in [2.75, 3.05) is 12.0 Å². The molecule has 0 fully saturated rings. The van der Waals surface area contributed by atoms with Crippen molar-refractivity contribution in [2.45, 2.75) is 12.5 Å². The second-order valence-corrected chi connectivity index (χ2v) is 6.77. The molecule has 1 aliphatic rings. The summed E-state index contributed by atoms with van der Waals surface area (Å²) in [6, 6.07) is 12.0. The molecule has 118 valence electrons. The van der Waals surface area contributed by atoms with Crippen LogP contribution < -0.4 is 4.90 Å². The van der Waals surface area contributed by atoms with E-state index >= 15 is 0 Å². The molecule has 1 heterocycles. The van der Waals surface area contributed by atoms with Gasteiger partial charge in [-0.1, -0.05) is 29.8 Å². The lowest BCUT2D eigenvalue weighted by molar-refractivity contribution is -0.141. The van der Waals surface area contributed by atoms with Crippen LogP contribution in [0.4, 0.5) is 5.69 Å². The number of fused-ring (bicyclic) bond motifs is 1. The first-order valence-electron chi connectivity index (χ1n) is 6.97. The third kappa shape index (κ3) is 2.95. The van der Waals surface area contributed by atoms with Crippen LogP contribution in [0.1, 0.15) is 15.9 Å². The van der Waals surface area contributed by atoms with E-state index in [9.17, 15) is 9.59 Å². The van der Waals surface area contributed by atoms with Gasteiger partial charge in [0.2, 0.25) is 0 Å². The lowest BCUT2D eigenvalue weighted by atomic mass is 10.1. The second-order valence-electron chi connectivity index (χ2n) is 5.17. The molecule has 0 saturated carbocycles. The van der Waals surface area contributed by atoms with Crippen LogP contribution in [0.5, 0.6) is 0 Å². The molecular weight excluding hydrogens is 429 g/mol. The Labute approximate surface area is 152 Å². The second kappa shape index (κ2) is 6.49. The monoisotopic (exact) mass is 441 g/mol. The van der Waals surface area contributed by atoms with E-state index in [1.165, 1.54) is 12.0 Å². The normalized spacial score (nSPS) is 16.1. The molecule has 1 aliphatic heterocycles. The Kier molecular flexibility index (Phi) is 4.59. The number of hydrogen-bond donors (Lipinski definition) is 0. The number of nitrogens with zero attached hydrogens (tertiary/aromatic N) is 1. The van der Waals surface area contributed by atoms with E-state index in [2.05, 4.69) is 22.6 Å². The van der Waals surface area contributed by atoms with E-state index in [4.69, 9.17) is 16.3 Å². The molecule has 2 aromatic rings. The summed E-state index contributed by atoms with van der Waals surface area (Å²) in [5.41, 5.74) is 2.22. The van der Waals surface area contributed by atoms with Crippen LogP contribution >= 0.6 is 34.2 Å². The minimum absolute atomic E-state index is 0.230. The molecule has 1 atom stereocenters. The highest BCUT2D eigenvalue weighted by molar-refractivity contribution is 14.1. The number of carbonyl (C=O) groups excluding carboxylic acids is 2. The van der Waals surface area contributed by atoms with Crippen LogP contribution in [0.15, 0.2) is 42.5 Å². The third-order valence-corrected chi connectivity index (χ3v) is 4.96. The molecule has 4 nitrogen and oxygen atoms in total. The predicted octanol–water partition coefficient (Wildman–Crippen LogP) is 3.69. The first kappa shape index (κ1) is 16.3. The van der Waals surface area contributed by atoms with Gasteiger partial charge in [-0.25, -0.2) is 4.79 Å². The Morgan fingerprint density at radius 1 is 1.26 bits per heavy atom. The molecule has 0 bridgehead atoms. The highest BCUT2D eigenvalue weighted by Crippen LogP contribution is 2.34. The van der Waals surface area contributed by atoms with E-state index in [1.54, 1.807) is 18.2 Å². The number of hydrogen-bond acceptors (Lipinski definition) is 3. The maximum atomic E-state index is 13.0. The Balaban J connectivity index is 2.06. The summed E-state index contributed by atoms with van der Waals surface area (Å²) in [4.78, 5) is 26.7. The van der Waals surface area contributed by atoms with Crippen molar-refractivity contribution < 1.29 is 14.3 Å². The Morgan fingerprint density at radius 3 is 2.70 bits per heavy atom. The molecule has 6 heteroatoms. The quantitative estimate of drug-likeness (QED) is 0.527. The van der Waals surface area contributed by atoms with Gasteiger partial charge < -0.3 is 4.74 Å². The van der Waals surface area contributed by atoms with E-state index in [0.717, 1.165) is 14.8 Å². The number of ether oxygens (including phenoxy) is 1. The summed E-state index contributed by atoms with van der Waals surface area (Å²) in [7, 11) is 1.33. The minimum atomic E-state index is -0.642. The molecule has 0 aromatic heterocycles. The summed E-state index contributed by atoms with van der Waals surface area (Å²) >= 11 is 8.03. The zero-order valence-corrected chi connectivity index (χ0v) is 15.2. The first-order chi connectivity index (χ1) is 11.0. The molecule has 23 heavy (non-hydrogen) atoms. The van der Waals surface area contributed by atoms with Crippen molar-refractivity contribution in [3.05, 3.63) is 62.2 Å². The van der Waals surface area contributed by atoms with Gasteiger partial charge in [-0.05, 0) is 52.4 Å². The molecule has 3 rings (SSSR count). The largest absolute Gasteiger partial charge is 0.467 e. The number of methoxy groups -OCH3 is 1. The van der Waals surface area contributed by atoms with Gasteiger partial charge in [0, 0.05) is 20.7 Å². The lowest BCUT2D eigenvalue weighted by Gasteiger charge is -2.24. The highest BCUT2D eigenvalue weighted by Gasteiger charge is 2.39. The number of amides is 1. The molecule has 1 amide bonds. The summed E-state index contributed by atoms with van der Waals surface area (Å²) in [5, 5.41) is 0.567. The molecule has 0 aliphatic carbocycles. The molecule has 0 spiro atoms. The van der Waals surface area contributed by atoms with Crippen molar-refractivity contribution in [1.29, 1.82) is 0 Å². The molecule has 0 N–H and O–H groups in total. The molecule has 2 aromatic carbocycles. The van der Waals surface area contributed by atoms with E-state index in [0.29, 0.717) is 17.0 Å². The van der Waals surface area contributed by atoms with Gasteiger partial charge in [-0.2, -0.15) is 0 Å². The maximum absolute atomic E-state index is 13.0. The number of para-hydroxylation sites is 1. The van der Waals surface area contributed by atoms with Crippen molar-refractivity contribution in [3.63, 3.8) is 0 Å². The van der Waals surface area contributed by atoms with Crippen molar-refractivity contribution >= 4 is 51.8 Å². The molecule has 1 unspecified atom stereocenters. The number of halogens is 2. The van der Waals surface area contributed by atoms with E-state index in [-0.39, 0.29) is 5.91 Å². The number of carbonyl (C=O) groups is 2. The van der Waals surface area contributed by atoms with Crippen LogP contribution in [0.2, 0.25) is 5.02 Å². The maximum Gasteiger partial charge on any atom is 0.329 e. The van der Waals surface area contributed by atoms with Crippen LogP contribution in [0.25, 0.3) is 0 Å². The fraction of sp³-hybridized carbons (Fsp3) is 0.176. The summed E-state index contributed by atoms with van der Waals surface area (Å²) in [5.74, 6) is -0.648. The zero-order valence-electron chi connectivity index (χ0n) is 12.3. The average Bonchev–Trinajstić information content (AvgIpc) is 2.93. The minimum Gasteiger partial charge on any atom is -0.467 e. The van der Waals surface area contributed by atoms with E-state index < -0.39 is 12.0 Å². The van der Waals surface area contributed by atoms with Crippen molar-refractivity contribution in [1.82, 2.24) is 0 Å². The zero-order chi connectivity index (χ0) is 16.6. The van der Waals surface area contributed by atoms with Crippen LogP contribution in [-0.4, -0.2) is 25.0 Å². The van der Waals surface area contributed by atoms with Crippen LogP contribution in [-0.2, 0) is 16.0 Å². The molecule has 0 saturated heterocycles. The fourth-order valence-corrected chi connectivity index (χ4v) is 3.86. The van der Waals surface area contributed by atoms with Gasteiger partial charge in [-0.3, -0.25) is 9.69 Å². The van der Waals surface area contributed by atoms with Gasteiger partial charge in [-0.15, -0.1) is 0 Å². The van der Waals surface area contributed by atoms with Gasteiger partial charge in [0.1, 0.15) is 6.04 Å². The van der Waals surface area contributed by atoms with Crippen molar-refractivity contribution in [3.8, 4) is 0 Å². The van der Waals surface area contributed by atoms with Gasteiger partial charge in [0.25, 0.3) is 5.91 Å². The summed E-state index contributed by atoms with van der Waals surface area (Å²) in [6.07, 6.45) is 0.457. The smallest absolute Gasteiger partial charge is 0.329 e. The van der Waals surface area contributed by atoms with Gasteiger partial charge >= 0.3 is 5.97 Å². The number of benzene rings is 2. The topological polar surface area (TPSA) is 46.6 Å². The standard InChI is InChI=1S/C17H13ClINO3/c1-23-17(22)15-8-10-4-2-3-5-14(10)20(15)16(21)12-7-6-11(18)9-13(12)19/h2-7,9,15H,8H2,1H3. The predicted molar refractivity (Wildman–Crippen MR) is 96.9 cm³/mol. The highest BCUT2D eigenvalue weighted by atomic mass is 127. The number of rotatable bonds is 2. The van der Waals surface area contributed by atoms with Crippen molar-refractivity contribution in [2.24, 2.45) is 0 Å². The van der Waals surface area contributed by atoms with Gasteiger partial charge in [0.05, 0.1) is 12.7 Å². The number of esters is 1. The number of anilines is 1. The summed E-state index contributed by atoms with van der Waals surface area (Å²) < 4.78 is 5.62. The first-order valence-corrected chi connectivity index (χ1v) is 8.43. The third-order valence-electron chi connectivity index (χ3n) is 3.83. The Bertz CT molecular complexity index is 793. The van der Waals surface area contributed by atoms with Crippen LogP contribution in [0.3, 0.4) is 0 Å². The Morgan fingerprint density at radius 2 is 2.00 bits per heavy atom. The van der Waals surface area contributed by atoms with Gasteiger partial charge in [0.15, 0.2) is 0 Å². The summed E-state index contributed by atoms with van der Waals surface area (Å²) in [6.45, 7) is 0. The SMILES string of the molecule is COC(=O)C1Cc2ccccc2N1C(=O)c1ccc(Cl)cc1I. The Hall–Kier alpha value is -1.60. The lowest BCUT2D eigenvalue weighted by Crippen LogP contribution is -2.43.